The predicted molar refractivity (Wildman–Crippen MR) is 127 cm³/mol. The Bertz CT molecular complexity index is 670. The molecule has 0 unspecified atom stereocenters. The maximum Gasteiger partial charge on any atom is 0.407 e. The van der Waals surface area contributed by atoms with E-state index in [0.717, 1.165) is 0 Å². The Morgan fingerprint density at radius 3 is 2.06 bits per heavy atom. The van der Waals surface area contributed by atoms with Crippen molar-refractivity contribution in [2.75, 3.05) is 92.7 Å². The number of alkyl carbamates (subject to hydrolysis) is 1. The third kappa shape index (κ3) is 21.8. The van der Waals surface area contributed by atoms with Crippen LogP contribution in [0, 0.1) is 0 Å². The molecule has 0 atom stereocenters. The minimum Gasteiger partial charge on any atom is -0.465 e. The van der Waals surface area contributed by atoms with Gasteiger partial charge in [-0.05, 0) is 0 Å². The van der Waals surface area contributed by atoms with Gasteiger partial charge in [-0.15, -0.1) is 0 Å². The largest absolute Gasteiger partial charge is 0.465 e. The van der Waals surface area contributed by atoms with Crippen LogP contribution < -0.4 is 15.4 Å². The van der Waals surface area contributed by atoms with Crippen molar-refractivity contribution in [2.45, 2.75) is 6.92 Å². The maximum absolute atomic E-state index is 11.7. The van der Waals surface area contributed by atoms with Gasteiger partial charge in [0.1, 0.15) is 33.0 Å². The van der Waals surface area contributed by atoms with E-state index in [-0.39, 0.29) is 78.3 Å². The number of methoxy groups -OCH3 is 1. The smallest absolute Gasteiger partial charge is 0.407 e. The number of ether oxygens (including phenoxy) is 6. The van der Waals surface area contributed by atoms with E-state index >= 15 is 0 Å². The molecule has 36 heavy (non-hydrogen) atoms. The van der Waals surface area contributed by atoms with Crippen LogP contribution in [0.25, 0.3) is 0 Å². The van der Waals surface area contributed by atoms with E-state index in [0.29, 0.717) is 6.61 Å². The molecule has 0 aliphatic heterocycles. The third-order valence-electron chi connectivity index (χ3n) is 3.93. The summed E-state index contributed by atoms with van der Waals surface area (Å²) in [6.07, 6.45) is -0.572. The van der Waals surface area contributed by atoms with Crippen LogP contribution in [0.2, 0.25) is 0 Å². The zero-order valence-corrected chi connectivity index (χ0v) is 21.5. The maximum atomic E-state index is 11.7. The Labute approximate surface area is 215 Å². The second-order valence-corrected chi connectivity index (χ2v) is 7.11. The van der Waals surface area contributed by atoms with E-state index in [2.05, 4.69) is 28.2 Å². The number of esters is 2. The summed E-state index contributed by atoms with van der Waals surface area (Å²) >= 11 is 3.68. The molecule has 0 saturated carbocycles. The first-order chi connectivity index (χ1) is 17.3. The molecule has 208 valence electrons. The van der Waals surface area contributed by atoms with Crippen molar-refractivity contribution in [3.05, 3.63) is 0 Å². The number of thiol groups is 1. The topological polar surface area (TPSA) is 180 Å². The number of amides is 3. The first-order valence-electron chi connectivity index (χ1n) is 11.0. The average Bonchev–Trinajstić information content (AvgIpc) is 2.83. The summed E-state index contributed by atoms with van der Waals surface area (Å²) in [5, 5.41) is 5.04. The lowest BCUT2D eigenvalue weighted by molar-refractivity contribution is -0.150. The number of hydrogen-bond donors (Lipinski definition) is 4. The average molecular weight is 541 g/mol. The van der Waals surface area contributed by atoms with Crippen LogP contribution in [0.1, 0.15) is 6.92 Å². The number of nitrogens with one attached hydrogen (secondary N) is 3. The van der Waals surface area contributed by atoms with Crippen LogP contribution in [0.3, 0.4) is 0 Å². The number of rotatable bonds is 21. The van der Waals surface area contributed by atoms with Crippen LogP contribution in [0.4, 0.5) is 4.79 Å². The van der Waals surface area contributed by atoms with Crippen molar-refractivity contribution in [1.82, 2.24) is 20.3 Å². The molecule has 0 saturated heterocycles. The van der Waals surface area contributed by atoms with Gasteiger partial charge >= 0.3 is 18.0 Å². The van der Waals surface area contributed by atoms with Gasteiger partial charge in [0, 0.05) is 40.2 Å². The quantitative estimate of drug-likeness (QED) is 0.0539. The highest BCUT2D eigenvalue weighted by Gasteiger charge is 2.12. The molecule has 0 aliphatic carbocycles. The Morgan fingerprint density at radius 1 is 0.750 bits per heavy atom. The number of carbonyl (C=O) groups is 5. The molecule has 15 nitrogen and oxygen atoms in total. The fraction of sp³-hybridized carbons (Fsp3) is 0.750. The van der Waals surface area contributed by atoms with Gasteiger partial charge in [-0.25, -0.2) is 9.59 Å². The Hall–Kier alpha value is -2.66. The lowest BCUT2D eigenvalue weighted by Crippen LogP contribution is -2.39. The fourth-order valence-electron chi connectivity index (χ4n) is 2.29. The predicted octanol–water partition coefficient (Wildman–Crippen LogP) is -2.12. The van der Waals surface area contributed by atoms with E-state index in [1.165, 1.54) is 14.0 Å². The van der Waals surface area contributed by atoms with E-state index in [1.54, 1.807) is 4.90 Å². The van der Waals surface area contributed by atoms with Crippen molar-refractivity contribution >= 4 is 42.7 Å². The molecule has 3 amide bonds. The van der Waals surface area contributed by atoms with Crippen molar-refractivity contribution in [3.8, 4) is 0 Å². The molecule has 0 rings (SSSR count). The van der Waals surface area contributed by atoms with Gasteiger partial charge in [0.25, 0.3) is 0 Å². The van der Waals surface area contributed by atoms with Gasteiger partial charge in [-0.1, -0.05) is 12.8 Å². The van der Waals surface area contributed by atoms with E-state index in [4.69, 9.17) is 28.4 Å². The summed E-state index contributed by atoms with van der Waals surface area (Å²) in [5.41, 5.74) is 0. The van der Waals surface area contributed by atoms with Crippen LogP contribution in [0.15, 0.2) is 0 Å². The molecule has 0 fully saturated rings. The number of nitrogens with zero attached hydrogens (tertiary/aromatic N) is 1. The van der Waals surface area contributed by atoms with Gasteiger partial charge in [-0.3, -0.25) is 19.3 Å². The molecule has 0 bridgehead atoms. The molecule has 16 heteroatoms. The SMILES string of the molecule is COCCOC(=O)NCCOCCNC(=O)COCC(=O)OCCN(CCOC(C)=O)CC(=O)NS. The van der Waals surface area contributed by atoms with Gasteiger partial charge in [0.05, 0.1) is 26.4 Å². The van der Waals surface area contributed by atoms with Crippen LogP contribution >= 0.6 is 12.8 Å². The second kappa shape index (κ2) is 22.8. The third-order valence-corrected chi connectivity index (χ3v) is 4.18. The highest BCUT2D eigenvalue weighted by atomic mass is 32.1. The van der Waals surface area contributed by atoms with Crippen molar-refractivity contribution in [2.24, 2.45) is 0 Å². The summed E-state index contributed by atoms with van der Waals surface area (Å²) in [4.78, 5) is 58.7. The molecule has 0 spiro atoms. The first-order valence-corrected chi connectivity index (χ1v) is 11.5. The molecule has 0 aromatic heterocycles. The van der Waals surface area contributed by atoms with Crippen LogP contribution in [-0.2, 0) is 47.6 Å². The zero-order chi connectivity index (χ0) is 27.0. The molecular formula is C20H36N4O11S. The standard InChI is InChI=1S/C20H36N4O11S/c1-16(25)33-9-5-24(13-17(26)23-36)6-10-34-19(28)15-32-14-18(27)21-3-7-31-8-4-22-20(29)35-12-11-30-2/h36H,3-15H2,1-2H3,(H,21,27)(H,22,29)(H,23,26). The summed E-state index contributed by atoms with van der Waals surface area (Å²) in [6.45, 7) is 2.36. The second-order valence-electron chi connectivity index (χ2n) is 6.88. The molecule has 3 N–H and O–H groups in total. The highest BCUT2D eigenvalue weighted by molar-refractivity contribution is 7.78. The molecule has 0 radical (unpaired) electrons. The minimum absolute atomic E-state index is 0.0271. The minimum atomic E-state index is -0.682. The Balaban J connectivity index is 3.80. The lowest BCUT2D eigenvalue weighted by Gasteiger charge is -2.20. The van der Waals surface area contributed by atoms with Crippen LogP contribution in [0.5, 0.6) is 0 Å². The fourth-order valence-corrected chi connectivity index (χ4v) is 2.36. The summed E-state index contributed by atoms with van der Waals surface area (Å²) in [7, 11) is 1.50. The first kappa shape index (κ1) is 33.3. The van der Waals surface area contributed by atoms with Crippen LogP contribution in [-0.4, -0.2) is 127 Å². The number of hydrogen-bond acceptors (Lipinski definition) is 13. The normalized spacial score (nSPS) is 10.4. The van der Waals surface area contributed by atoms with Crippen molar-refractivity contribution in [1.29, 1.82) is 0 Å². The number of carbonyl (C=O) groups excluding carboxylic acids is 5. The Morgan fingerprint density at radius 2 is 1.42 bits per heavy atom. The van der Waals surface area contributed by atoms with Gasteiger partial charge in [-0.2, -0.15) is 0 Å². The Kier molecular flexibility index (Phi) is 21.1. The van der Waals surface area contributed by atoms with Gasteiger partial charge in [0.2, 0.25) is 11.8 Å². The highest BCUT2D eigenvalue weighted by Crippen LogP contribution is 1.92. The molecule has 0 aliphatic rings. The molecular weight excluding hydrogens is 504 g/mol. The monoisotopic (exact) mass is 540 g/mol. The van der Waals surface area contributed by atoms with Crippen molar-refractivity contribution < 1.29 is 52.4 Å². The van der Waals surface area contributed by atoms with Crippen molar-refractivity contribution in [3.63, 3.8) is 0 Å². The summed E-state index contributed by atoms with van der Waals surface area (Å²) < 4.78 is 31.8. The van der Waals surface area contributed by atoms with E-state index < -0.39 is 30.5 Å². The van der Waals surface area contributed by atoms with Gasteiger partial charge < -0.3 is 43.8 Å². The zero-order valence-electron chi connectivity index (χ0n) is 20.6. The van der Waals surface area contributed by atoms with E-state index in [1.807, 2.05) is 0 Å². The lowest BCUT2D eigenvalue weighted by atomic mass is 10.4. The van der Waals surface area contributed by atoms with E-state index in [9.17, 15) is 24.0 Å². The molecule has 0 heterocycles. The molecule has 0 aromatic rings. The summed E-state index contributed by atoms with van der Waals surface area (Å²) in [5.74, 6) is -1.94. The van der Waals surface area contributed by atoms with Gasteiger partial charge in [0.15, 0.2) is 0 Å². The summed E-state index contributed by atoms with van der Waals surface area (Å²) in [6, 6.07) is 0. The molecule has 0 aromatic carbocycles.